The largest absolute Gasteiger partial charge is 0.468 e. The van der Waals surface area contributed by atoms with Gasteiger partial charge in [-0.05, 0) is 12.1 Å². The van der Waals surface area contributed by atoms with Crippen LogP contribution in [0.4, 0.5) is 0 Å². The average molecular weight is 270 g/mol. The van der Waals surface area contributed by atoms with Crippen molar-refractivity contribution in [2.75, 3.05) is 6.54 Å². The number of aromatic nitrogens is 2. The Morgan fingerprint density at radius 1 is 1.44 bits per heavy atom. The van der Waals surface area contributed by atoms with Gasteiger partial charge in [0.2, 0.25) is 0 Å². The average Bonchev–Trinajstić information content (AvgIpc) is 2.84. The molecular formula is C11H12ClN3O3. The van der Waals surface area contributed by atoms with Crippen LogP contribution in [-0.2, 0) is 13.1 Å². The van der Waals surface area contributed by atoms with E-state index in [1.165, 1.54) is 10.8 Å². The van der Waals surface area contributed by atoms with Crippen LogP contribution >= 0.6 is 11.6 Å². The van der Waals surface area contributed by atoms with Crippen LogP contribution in [0.3, 0.4) is 0 Å². The molecule has 2 aromatic heterocycles. The molecule has 0 unspecified atom stereocenters. The molecule has 2 rings (SSSR count). The Kier molecular flexibility index (Phi) is 4.01. The lowest BCUT2D eigenvalue weighted by Crippen LogP contribution is -2.32. The molecule has 0 spiro atoms. The number of hydrogen-bond donors (Lipinski definition) is 2. The molecule has 0 saturated heterocycles. The van der Waals surface area contributed by atoms with Crippen LogP contribution in [0.15, 0.2) is 38.6 Å². The van der Waals surface area contributed by atoms with Gasteiger partial charge in [0.25, 0.3) is 5.56 Å². The monoisotopic (exact) mass is 269 g/mol. The molecule has 2 aromatic rings. The van der Waals surface area contributed by atoms with E-state index in [1.54, 1.807) is 6.26 Å². The molecule has 0 aliphatic heterocycles. The smallest absolute Gasteiger partial charge is 0.328 e. The van der Waals surface area contributed by atoms with Crippen molar-refractivity contribution < 1.29 is 4.42 Å². The maximum absolute atomic E-state index is 11.4. The highest BCUT2D eigenvalue weighted by Gasteiger charge is 2.02. The summed E-state index contributed by atoms with van der Waals surface area (Å²) in [5.74, 6) is 0.821. The molecule has 0 amide bonds. The van der Waals surface area contributed by atoms with E-state index in [1.807, 2.05) is 12.1 Å². The Hall–Kier alpha value is -1.79. The first-order chi connectivity index (χ1) is 8.66. The molecule has 96 valence electrons. The minimum atomic E-state index is -0.568. The molecule has 0 atom stereocenters. The summed E-state index contributed by atoms with van der Waals surface area (Å²) in [7, 11) is 0. The van der Waals surface area contributed by atoms with Crippen LogP contribution in [-0.4, -0.2) is 16.1 Å². The zero-order valence-corrected chi connectivity index (χ0v) is 10.2. The van der Waals surface area contributed by atoms with Crippen molar-refractivity contribution in [3.05, 3.63) is 56.2 Å². The second-order valence-electron chi connectivity index (χ2n) is 3.69. The van der Waals surface area contributed by atoms with Gasteiger partial charge in [0.15, 0.2) is 0 Å². The molecule has 7 heteroatoms. The van der Waals surface area contributed by atoms with Gasteiger partial charge in [0.05, 0.1) is 12.8 Å². The number of rotatable bonds is 5. The summed E-state index contributed by atoms with van der Waals surface area (Å²) in [5, 5.41) is 3.11. The van der Waals surface area contributed by atoms with Crippen molar-refractivity contribution in [1.29, 1.82) is 0 Å². The summed E-state index contributed by atoms with van der Waals surface area (Å²) in [6.07, 6.45) is 2.93. The second kappa shape index (κ2) is 5.70. The van der Waals surface area contributed by atoms with Gasteiger partial charge in [-0.2, -0.15) is 0 Å². The van der Waals surface area contributed by atoms with Gasteiger partial charge in [-0.25, -0.2) is 4.79 Å². The maximum atomic E-state index is 11.4. The zero-order valence-electron chi connectivity index (χ0n) is 9.48. The zero-order chi connectivity index (χ0) is 13.0. The van der Waals surface area contributed by atoms with Crippen molar-refractivity contribution in [3.63, 3.8) is 0 Å². The Balaban J connectivity index is 1.89. The standard InChI is InChI=1S/C11H12ClN3O3/c12-9-7-15(11(17)14-10(9)16)4-3-13-6-8-2-1-5-18-8/h1-2,5,7,13H,3-4,6H2,(H,14,16,17). The number of halogens is 1. The minimum absolute atomic E-state index is 0.000588. The third kappa shape index (κ3) is 3.12. The van der Waals surface area contributed by atoms with Gasteiger partial charge in [-0.3, -0.25) is 14.3 Å². The highest BCUT2D eigenvalue weighted by atomic mass is 35.5. The Labute approximate surface area is 107 Å². The first-order valence-electron chi connectivity index (χ1n) is 5.39. The summed E-state index contributed by atoms with van der Waals surface area (Å²) in [6.45, 7) is 1.55. The number of hydrogen-bond acceptors (Lipinski definition) is 4. The summed E-state index contributed by atoms with van der Waals surface area (Å²) in [6, 6.07) is 3.67. The first kappa shape index (κ1) is 12.7. The normalized spacial score (nSPS) is 10.7. The van der Waals surface area contributed by atoms with Gasteiger partial charge in [0.1, 0.15) is 10.8 Å². The van der Waals surface area contributed by atoms with Crippen molar-refractivity contribution in [2.45, 2.75) is 13.1 Å². The topological polar surface area (TPSA) is 80.0 Å². The molecule has 2 heterocycles. The molecule has 0 radical (unpaired) electrons. The van der Waals surface area contributed by atoms with Crippen LogP contribution in [0, 0.1) is 0 Å². The predicted octanol–water partition coefficient (Wildman–Crippen LogP) is 0.573. The number of nitrogens with zero attached hydrogens (tertiary/aromatic N) is 1. The van der Waals surface area contributed by atoms with Gasteiger partial charge in [0, 0.05) is 19.3 Å². The van der Waals surface area contributed by atoms with Crippen LogP contribution in [0.5, 0.6) is 0 Å². The third-order valence-electron chi connectivity index (χ3n) is 2.38. The Morgan fingerprint density at radius 3 is 3.00 bits per heavy atom. The van der Waals surface area contributed by atoms with Gasteiger partial charge in [-0.15, -0.1) is 0 Å². The Bertz CT molecular complexity index is 615. The molecule has 0 aliphatic rings. The van der Waals surface area contributed by atoms with Crippen molar-refractivity contribution in [2.24, 2.45) is 0 Å². The Morgan fingerprint density at radius 2 is 2.28 bits per heavy atom. The third-order valence-corrected chi connectivity index (χ3v) is 2.65. The predicted molar refractivity (Wildman–Crippen MR) is 66.7 cm³/mol. The summed E-state index contributed by atoms with van der Waals surface area (Å²) in [5.41, 5.74) is -1.04. The second-order valence-corrected chi connectivity index (χ2v) is 4.09. The number of H-pyrrole nitrogens is 1. The molecular weight excluding hydrogens is 258 g/mol. The fourth-order valence-electron chi connectivity index (χ4n) is 1.47. The first-order valence-corrected chi connectivity index (χ1v) is 5.77. The molecule has 6 nitrogen and oxygen atoms in total. The molecule has 18 heavy (non-hydrogen) atoms. The van der Waals surface area contributed by atoms with Crippen LogP contribution in [0.25, 0.3) is 0 Å². The molecule has 0 aliphatic carbocycles. The number of nitrogens with one attached hydrogen (secondary N) is 2. The van der Waals surface area contributed by atoms with Crippen LogP contribution in [0.2, 0.25) is 5.02 Å². The van der Waals surface area contributed by atoms with Crippen molar-refractivity contribution >= 4 is 11.6 Å². The number of aromatic amines is 1. The van der Waals surface area contributed by atoms with E-state index < -0.39 is 11.2 Å². The fraction of sp³-hybridized carbons (Fsp3) is 0.273. The SMILES string of the molecule is O=c1[nH]c(=O)n(CCNCc2ccco2)cc1Cl. The lowest BCUT2D eigenvalue weighted by molar-refractivity contribution is 0.473. The van der Waals surface area contributed by atoms with Crippen LogP contribution < -0.4 is 16.6 Å². The van der Waals surface area contributed by atoms with E-state index in [0.29, 0.717) is 19.6 Å². The summed E-state index contributed by atoms with van der Waals surface area (Å²) >= 11 is 5.64. The molecule has 0 bridgehead atoms. The quantitative estimate of drug-likeness (QED) is 0.778. The lowest BCUT2D eigenvalue weighted by atomic mass is 10.4. The maximum Gasteiger partial charge on any atom is 0.328 e. The van der Waals surface area contributed by atoms with Gasteiger partial charge >= 0.3 is 5.69 Å². The highest BCUT2D eigenvalue weighted by Crippen LogP contribution is 1.98. The van der Waals surface area contributed by atoms with E-state index >= 15 is 0 Å². The van der Waals surface area contributed by atoms with E-state index in [-0.39, 0.29) is 5.02 Å². The van der Waals surface area contributed by atoms with Crippen molar-refractivity contribution in [1.82, 2.24) is 14.9 Å². The van der Waals surface area contributed by atoms with E-state index in [0.717, 1.165) is 5.76 Å². The van der Waals surface area contributed by atoms with E-state index in [4.69, 9.17) is 16.0 Å². The van der Waals surface area contributed by atoms with Gasteiger partial charge < -0.3 is 9.73 Å². The minimum Gasteiger partial charge on any atom is -0.468 e. The fourth-order valence-corrected chi connectivity index (χ4v) is 1.64. The lowest BCUT2D eigenvalue weighted by Gasteiger charge is -2.06. The molecule has 0 fully saturated rings. The molecule has 0 aromatic carbocycles. The summed E-state index contributed by atoms with van der Waals surface area (Å²) < 4.78 is 6.49. The van der Waals surface area contributed by atoms with Crippen LogP contribution in [0.1, 0.15) is 5.76 Å². The van der Waals surface area contributed by atoms with E-state index in [9.17, 15) is 9.59 Å². The molecule has 2 N–H and O–H groups in total. The van der Waals surface area contributed by atoms with Crippen molar-refractivity contribution in [3.8, 4) is 0 Å². The summed E-state index contributed by atoms with van der Waals surface area (Å²) in [4.78, 5) is 24.6. The van der Waals surface area contributed by atoms with Gasteiger partial charge in [-0.1, -0.05) is 11.6 Å². The number of furan rings is 1. The van der Waals surface area contributed by atoms with E-state index in [2.05, 4.69) is 10.3 Å². The molecule has 0 saturated carbocycles. The highest BCUT2D eigenvalue weighted by molar-refractivity contribution is 6.30.